The molecule has 1 spiro atoms. The molecule has 3 aliphatic heterocycles. The highest BCUT2D eigenvalue weighted by molar-refractivity contribution is 8.02. The summed E-state index contributed by atoms with van der Waals surface area (Å²) in [6.45, 7) is 4.11. The third kappa shape index (κ3) is 3.45. The molecule has 0 saturated carbocycles. The lowest BCUT2D eigenvalue weighted by atomic mass is 9.71. The zero-order valence-corrected chi connectivity index (χ0v) is 18.5. The molecule has 0 radical (unpaired) electrons. The predicted molar refractivity (Wildman–Crippen MR) is 119 cm³/mol. The van der Waals surface area contributed by atoms with Crippen LogP contribution in [0.25, 0.3) is 0 Å². The minimum absolute atomic E-state index is 0.117. The number of rotatable bonds is 8. The van der Waals surface area contributed by atoms with Gasteiger partial charge in [0.1, 0.15) is 6.04 Å². The minimum Gasteiger partial charge on any atom is -0.481 e. The number of likely N-dealkylation sites (tertiary alicyclic amines) is 1. The molecular formula is C22H25ClN2O5S. The van der Waals surface area contributed by atoms with Gasteiger partial charge in [0.25, 0.3) is 5.91 Å². The Kier molecular flexibility index (Phi) is 6.07. The summed E-state index contributed by atoms with van der Waals surface area (Å²) in [5.74, 6) is -3.03. The van der Waals surface area contributed by atoms with Crippen molar-refractivity contribution in [2.24, 2.45) is 11.8 Å². The third-order valence-corrected chi connectivity index (χ3v) is 8.80. The van der Waals surface area contributed by atoms with Crippen LogP contribution < -0.4 is 4.90 Å². The number of aliphatic hydroxyl groups is 1. The largest absolute Gasteiger partial charge is 0.481 e. The van der Waals surface area contributed by atoms with E-state index in [1.165, 1.54) is 16.7 Å². The van der Waals surface area contributed by atoms with Gasteiger partial charge >= 0.3 is 5.97 Å². The lowest BCUT2D eigenvalue weighted by Gasteiger charge is -2.37. The van der Waals surface area contributed by atoms with E-state index in [1.54, 1.807) is 35.2 Å². The maximum atomic E-state index is 14.0. The number of carboxylic acid groups (broad SMARTS) is 1. The van der Waals surface area contributed by atoms with E-state index in [-0.39, 0.29) is 36.8 Å². The van der Waals surface area contributed by atoms with Crippen LogP contribution in [0.3, 0.4) is 0 Å². The number of aliphatic hydroxyl groups excluding tert-OH is 1. The van der Waals surface area contributed by atoms with Gasteiger partial charge in [-0.05, 0) is 43.5 Å². The molecule has 0 aliphatic carbocycles. The Morgan fingerprint density at radius 1 is 1.35 bits per heavy atom. The molecule has 1 aromatic rings. The molecule has 5 atom stereocenters. The molecule has 7 nitrogen and oxygen atoms in total. The molecule has 166 valence electrons. The first-order chi connectivity index (χ1) is 14.9. The van der Waals surface area contributed by atoms with E-state index in [0.717, 1.165) is 0 Å². The van der Waals surface area contributed by atoms with Gasteiger partial charge in [-0.2, -0.15) is 0 Å². The zero-order valence-electron chi connectivity index (χ0n) is 16.9. The maximum absolute atomic E-state index is 14.0. The normalized spacial score (nSPS) is 31.0. The molecule has 3 heterocycles. The number of aliphatic carboxylic acids is 1. The van der Waals surface area contributed by atoms with Crippen LogP contribution in [0.15, 0.2) is 36.9 Å². The van der Waals surface area contributed by atoms with Gasteiger partial charge < -0.3 is 20.0 Å². The van der Waals surface area contributed by atoms with Crippen LogP contribution in [0.2, 0.25) is 5.02 Å². The van der Waals surface area contributed by atoms with Crippen LogP contribution in [0, 0.1) is 11.8 Å². The van der Waals surface area contributed by atoms with Crippen molar-refractivity contribution < 1.29 is 24.6 Å². The molecule has 3 aliphatic rings. The number of fused-ring (bicyclic) bond motifs is 1. The third-order valence-electron chi connectivity index (χ3n) is 6.59. The average Bonchev–Trinajstić information content (AvgIpc) is 3.38. The Morgan fingerprint density at radius 3 is 2.68 bits per heavy atom. The number of benzene rings is 1. The van der Waals surface area contributed by atoms with E-state index >= 15 is 0 Å². The fraction of sp³-hybridized carbons (Fsp3) is 0.500. The van der Waals surface area contributed by atoms with Crippen molar-refractivity contribution in [3.05, 3.63) is 41.9 Å². The Hall–Kier alpha value is -2.03. The summed E-state index contributed by atoms with van der Waals surface area (Å²) >= 11 is 7.51. The van der Waals surface area contributed by atoms with Crippen molar-refractivity contribution in [2.45, 2.75) is 35.3 Å². The van der Waals surface area contributed by atoms with Crippen molar-refractivity contribution in [1.82, 2.24) is 4.90 Å². The van der Waals surface area contributed by atoms with Gasteiger partial charge in [0, 0.05) is 35.7 Å². The number of carbonyl (C=O) groups excluding carboxylic acids is 2. The Labute approximate surface area is 190 Å². The quantitative estimate of drug-likeness (QED) is 0.573. The van der Waals surface area contributed by atoms with Gasteiger partial charge in [-0.15, -0.1) is 18.3 Å². The zero-order chi connectivity index (χ0) is 22.3. The molecule has 31 heavy (non-hydrogen) atoms. The molecule has 1 aromatic carbocycles. The number of nitrogens with zero attached hydrogens (tertiary/aromatic N) is 2. The number of hydrogen-bond acceptors (Lipinski definition) is 5. The second-order valence-corrected chi connectivity index (χ2v) is 10.3. The highest BCUT2D eigenvalue weighted by atomic mass is 35.5. The van der Waals surface area contributed by atoms with Gasteiger partial charge in [-0.1, -0.05) is 17.7 Å². The van der Waals surface area contributed by atoms with E-state index in [4.69, 9.17) is 11.6 Å². The van der Waals surface area contributed by atoms with E-state index in [1.807, 2.05) is 0 Å². The highest BCUT2D eigenvalue weighted by Gasteiger charge is 2.73. The van der Waals surface area contributed by atoms with Crippen molar-refractivity contribution in [1.29, 1.82) is 0 Å². The maximum Gasteiger partial charge on any atom is 0.308 e. The number of carbonyl (C=O) groups is 3. The Morgan fingerprint density at radius 2 is 2.06 bits per heavy atom. The highest BCUT2D eigenvalue weighted by Crippen LogP contribution is 2.66. The van der Waals surface area contributed by atoms with Crippen LogP contribution in [-0.2, 0) is 14.4 Å². The molecule has 2 N–H and O–H groups in total. The van der Waals surface area contributed by atoms with Crippen LogP contribution in [-0.4, -0.2) is 68.6 Å². The first-order valence-corrected chi connectivity index (χ1v) is 11.6. The Balaban J connectivity index is 1.76. The second kappa shape index (κ2) is 8.48. The number of anilines is 1. The summed E-state index contributed by atoms with van der Waals surface area (Å²) in [5, 5.41) is 19.6. The molecule has 4 rings (SSSR count). The van der Waals surface area contributed by atoms with E-state index < -0.39 is 28.6 Å². The van der Waals surface area contributed by atoms with Crippen molar-refractivity contribution in [3.63, 3.8) is 0 Å². The summed E-state index contributed by atoms with van der Waals surface area (Å²) in [6.07, 6.45) is 3.24. The van der Waals surface area contributed by atoms with Crippen LogP contribution >= 0.6 is 23.4 Å². The fourth-order valence-corrected chi connectivity index (χ4v) is 7.75. The average molecular weight is 465 g/mol. The van der Waals surface area contributed by atoms with Crippen LogP contribution in [0.4, 0.5) is 5.69 Å². The fourth-order valence-electron chi connectivity index (χ4n) is 5.42. The first kappa shape index (κ1) is 22.2. The van der Waals surface area contributed by atoms with Crippen molar-refractivity contribution >= 4 is 46.8 Å². The van der Waals surface area contributed by atoms with Gasteiger partial charge in [-0.3, -0.25) is 14.4 Å². The molecule has 2 amide bonds. The Bertz CT molecular complexity index is 910. The molecule has 2 unspecified atom stereocenters. The van der Waals surface area contributed by atoms with Crippen LogP contribution in [0.1, 0.15) is 19.3 Å². The topological polar surface area (TPSA) is 98.2 Å². The number of amides is 2. The monoisotopic (exact) mass is 464 g/mol. The van der Waals surface area contributed by atoms with Gasteiger partial charge in [0.05, 0.1) is 16.6 Å². The SMILES string of the molecule is C=CCN(C(=O)C1N(CCCO)C(=O)[C@@H]2[C@@H](C(=O)O)[C@H]3CCC12S3)c1ccc(Cl)cc1. The summed E-state index contributed by atoms with van der Waals surface area (Å²) in [7, 11) is 0. The summed E-state index contributed by atoms with van der Waals surface area (Å²) in [4.78, 5) is 42.5. The lowest BCUT2D eigenvalue weighted by molar-refractivity contribution is -0.148. The number of halogens is 1. The van der Waals surface area contributed by atoms with Crippen LogP contribution in [0.5, 0.6) is 0 Å². The van der Waals surface area contributed by atoms with Gasteiger partial charge in [0.2, 0.25) is 5.91 Å². The summed E-state index contributed by atoms with van der Waals surface area (Å²) in [5.41, 5.74) is 0.635. The number of thioether (sulfide) groups is 1. The van der Waals surface area contributed by atoms with E-state index in [0.29, 0.717) is 30.0 Å². The summed E-state index contributed by atoms with van der Waals surface area (Å²) < 4.78 is -0.761. The van der Waals surface area contributed by atoms with E-state index in [2.05, 4.69) is 6.58 Å². The van der Waals surface area contributed by atoms with E-state index in [9.17, 15) is 24.6 Å². The molecule has 9 heteroatoms. The second-order valence-electron chi connectivity index (χ2n) is 8.22. The van der Waals surface area contributed by atoms with Gasteiger partial charge in [-0.25, -0.2) is 0 Å². The predicted octanol–water partition coefficient (Wildman–Crippen LogP) is 2.42. The lowest BCUT2D eigenvalue weighted by Crippen LogP contribution is -2.55. The minimum atomic E-state index is -0.978. The molecular weight excluding hydrogens is 440 g/mol. The molecule has 2 bridgehead atoms. The first-order valence-electron chi connectivity index (χ1n) is 10.4. The number of carboxylic acids is 1. The van der Waals surface area contributed by atoms with Crippen molar-refractivity contribution in [3.8, 4) is 0 Å². The summed E-state index contributed by atoms with van der Waals surface area (Å²) in [6, 6.07) is 6.09. The van der Waals surface area contributed by atoms with Gasteiger partial charge in [0.15, 0.2) is 0 Å². The molecule has 0 aromatic heterocycles. The molecule has 3 fully saturated rings. The standard InChI is InChI=1S/C22H25ClN2O5S/c1-2-10-24(14-6-4-13(23)5-7-14)20(28)18-22-9-8-15(31-22)16(21(29)30)17(22)19(27)25(18)11-3-12-26/h2,4-7,15-18,26H,1,3,8-12H2,(H,29,30)/t15-,16+,17+,18?,22?/m1/s1. The molecule has 3 saturated heterocycles. The van der Waals surface area contributed by atoms with Crippen molar-refractivity contribution in [2.75, 3.05) is 24.6 Å². The number of hydrogen-bond donors (Lipinski definition) is 2. The smallest absolute Gasteiger partial charge is 0.308 e.